The highest BCUT2D eigenvalue weighted by molar-refractivity contribution is 5.77. The van der Waals surface area contributed by atoms with Gasteiger partial charge in [0.1, 0.15) is 19.0 Å². The van der Waals surface area contributed by atoms with Crippen LogP contribution in [0.1, 0.15) is 18.5 Å². The number of carbonyl (C=O) groups excluding carboxylic acids is 1. The molecule has 7 heteroatoms. The van der Waals surface area contributed by atoms with Gasteiger partial charge in [0.25, 0.3) is 5.91 Å². The van der Waals surface area contributed by atoms with Crippen LogP contribution >= 0.6 is 0 Å². The molecule has 154 valence electrons. The van der Waals surface area contributed by atoms with Gasteiger partial charge in [-0.25, -0.2) is 0 Å². The molecule has 29 heavy (non-hydrogen) atoms. The molecule has 0 bridgehead atoms. The number of rotatable bonds is 5. The van der Waals surface area contributed by atoms with Crippen LogP contribution in [0.4, 0.5) is 5.69 Å². The molecule has 0 unspecified atom stereocenters. The molecule has 2 aromatic rings. The predicted octanol–water partition coefficient (Wildman–Crippen LogP) is 0.746. The van der Waals surface area contributed by atoms with Crippen LogP contribution in [-0.4, -0.2) is 57.0 Å². The van der Waals surface area contributed by atoms with Gasteiger partial charge in [-0.15, -0.1) is 0 Å². The first-order valence-corrected chi connectivity index (χ1v) is 10.1. The van der Waals surface area contributed by atoms with Gasteiger partial charge in [-0.1, -0.05) is 6.07 Å². The highest BCUT2D eigenvalue weighted by Gasteiger charge is 2.23. The second-order valence-electron chi connectivity index (χ2n) is 7.62. The number of phenolic OH excluding ortho intramolecular Hbond substituents is 1. The van der Waals surface area contributed by atoms with Crippen molar-refractivity contribution in [1.82, 2.24) is 5.32 Å². The number of aromatic hydroxyl groups is 1. The first-order valence-electron chi connectivity index (χ1n) is 10.1. The summed E-state index contributed by atoms with van der Waals surface area (Å²) in [4.78, 5) is 16.1. The van der Waals surface area contributed by atoms with Crippen molar-refractivity contribution in [3.8, 4) is 17.2 Å². The summed E-state index contributed by atoms with van der Waals surface area (Å²) in [6.45, 7) is 7.19. The van der Waals surface area contributed by atoms with Crippen LogP contribution in [0.25, 0.3) is 0 Å². The molecule has 2 aliphatic rings. The average molecular weight is 398 g/mol. The number of amides is 1. The van der Waals surface area contributed by atoms with Gasteiger partial charge in [-0.2, -0.15) is 0 Å². The number of ether oxygens (including phenoxy) is 2. The van der Waals surface area contributed by atoms with E-state index in [9.17, 15) is 9.90 Å². The van der Waals surface area contributed by atoms with Gasteiger partial charge in [0.2, 0.25) is 0 Å². The van der Waals surface area contributed by atoms with E-state index in [-0.39, 0.29) is 17.7 Å². The number of carbonyl (C=O) groups is 1. The minimum absolute atomic E-state index is 0.0560. The molecular formula is C22H28N3O4+. The Labute approximate surface area is 170 Å². The number of hydrogen-bond acceptors (Lipinski definition) is 5. The molecule has 1 saturated heterocycles. The Morgan fingerprint density at radius 1 is 1.10 bits per heavy atom. The van der Waals surface area contributed by atoms with Gasteiger partial charge in [0, 0.05) is 5.69 Å². The number of quaternary nitrogens is 1. The van der Waals surface area contributed by atoms with Crippen LogP contribution < -0.4 is 24.6 Å². The Balaban J connectivity index is 1.26. The van der Waals surface area contributed by atoms with E-state index in [0.717, 1.165) is 48.9 Å². The quantitative estimate of drug-likeness (QED) is 0.693. The summed E-state index contributed by atoms with van der Waals surface area (Å²) in [6.07, 6.45) is 0. The van der Waals surface area contributed by atoms with Crippen LogP contribution in [0, 0.1) is 0 Å². The zero-order valence-electron chi connectivity index (χ0n) is 16.7. The fourth-order valence-corrected chi connectivity index (χ4v) is 3.85. The molecule has 0 aromatic heterocycles. The molecule has 7 nitrogen and oxygen atoms in total. The lowest BCUT2D eigenvalue weighted by Crippen LogP contribution is -3.15. The number of anilines is 1. The fourth-order valence-electron chi connectivity index (χ4n) is 3.85. The topological polar surface area (TPSA) is 75.5 Å². The largest absolute Gasteiger partial charge is 0.508 e. The minimum Gasteiger partial charge on any atom is -0.508 e. The molecule has 2 aromatic carbocycles. The van der Waals surface area contributed by atoms with Crippen LogP contribution in [-0.2, 0) is 4.79 Å². The predicted molar refractivity (Wildman–Crippen MR) is 110 cm³/mol. The zero-order valence-corrected chi connectivity index (χ0v) is 16.7. The van der Waals surface area contributed by atoms with E-state index >= 15 is 0 Å². The maximum atomic E-state index is 12.5. The standard InChI is InChI=1S/C22H27N3O4/c1-16(17-2-7-20-21(14-17)29-13-12-28-20)23-22(27)15-24-8-10-25(11-9-24)18-3-5-19(26)6-4-18/h2-7,14,16,26H,8-13,15H2,1H3,(H,23,27)/p+1/t16-/m1/s1. The van der Waals surface area contributed by atoms with Crippen molar-refractivity contribution in [3.05, 3.63) is 48.0 Å². The van der Waals surface area contributed by atoms with E-state index in [1.165, 1.54) is 4.90 Å². The summed E-state index contributed by atoms with van der Waals surface area (Å²) in [5.41, 5.74) is 2.12. The SMILES string of the molecule is C[C@@H](NC(=O)C[NH+]1CCN(c2ccc(O)cc2)CC1)c1ccc2c(c1)OCCO2. The normalized spacial score (nSPS) is 17.6. The summed E-state index contributed by atoms with van der Waals surface area (Å²) in [5, 5.41) is 12.5. The number of fused-ring (bicyclic) bond motifs is 1. The van der Waals surface area contributed by atoms with Crippen LogP contribution in [0.15, 0.2) is 42.5 Å². The number of benzene rings is 2. The van der Waals surface area contributed by atoms with Crippen LogP contribution in [0.5, 0.6) is 17.2 Å². The third-order valence-corrected chi connectivity index (χ3v) is 5.54. The van der Waals surface area contributed by atoms with Crippen LogP contribution in [0.2, 0.25) is 0 Å². The van der Waals surface area contributed by atoms with E-state index in [2.05, 4.69) is 10.2 Å². The molecule has 2 heterocycles. The Morgan fingerprint density at radius 3 is 2.52 bits per heavy atom. The van der Waals surface area contributed by atoms with Crippen molar-refractivity contribution in [2.45, 2.75) is 13.0 Å². The second kappa shape index (κ2) is 8.61. The fraction of sp³-hybridized carbons (Fsp3) is 0.409. The number of hydrogen-bond donors (Lipinski definition) is 3. The smallest absolute Gasteiger partial charge is 0.275 e. The van der Waals surface area contributed by atoms with Gasteiger partial charge >= 0.3 is 0 Å². The third kappa shape index (κ3) is 4.74. The van der Waals surface area contributed by atoms with Crippen molar-refractivity contribution in [1.29, 1.82) is 0 Å². The Bertz CT molecular complexity index is 848. The molecule has 3 N–H and O–H groups in total. The Morgan fingerprint density at radius 2 is 1.79 bits per heavy atom. The maximum Gasteiger partial charge on any atom is 0.275 e. The van der Waals surface area contributed by atoms with Crippen molar-refractivity contribution < 1.29 is 24.3 Å². The Kier molecular flexibility index (Phi) is 5.76. The lowest BCUT2D eigenvalue weighted by Gasteiger charge is -2.33. The molecule has 0 radical (unpaired) electrons. The molecule has 4 rings (SSSR count). The number of piperazine rings is 1. The van der Waals surface area contributed by atoms with Gasteiger partial charge < -0.3 is 29.7 Å². The summed E-state index contributed by atoms with van der Waals surface area (Å²) in [7, 11) is 0. The van der Waals surface area contributed by atoms with E-state index in [0.29, 0.717) is 19.8 Å². The number of nitrogens with zero attached hydrogens (tertiary/aromatic N) is 1. The average Bonchev–Trinajstić information content (AvgIpc) is 2.74. The third-order valence-electron chi connectivity index (χ3n) is 5.54. The van der Waals surface area contributed by atoms with Crippen molar-refractivity contribution in [3.63, 3.8) is 0 Å². The Hall–Kier alpha value is -2.93. The van der Waals surface area contributed by atoms with Gasteiger partial charge in [0.05, 0.1) is 32.2 Å². The van der Waals surface area contributed by atoms with Crippen LogP contribution in [0.3, 0.4) is 0 Å². The highest BCUT2D eigenvalue weighted by atomic mass is 16.6. The van der Waals surface area contributed by atoms with Crippen molar-refractivity contribution in [2.75, 3.05) is 50.8 Å². The van der Waals surface area contributed by atoms with E-state index in [1.807, 2.05) is 37.3 Å². The first kappa shape index (κ1) is 19.4. The highest BCUT2D eigenvalue weighted by Crippen LogP contribution is 2.32. The maximum absolute atomic E-state index is 12.5. The molecule has 1 amide bonds. The molecule has 1 atom stereocenters. The molecule has 2 aliphatic heterocycles. The lowest BCUT2D eigenvalue weighted by atomic mass is 10.1. The molecule has 0 saturated carbocycles. The second-order valence-corrected chi connectivity index (χ2v) is 7.62. The summed E-state index contributed by atoms with van der Waals surface area (Å²) in [6, 6.07) is 13.0. The van der Waals surface area contributed by atoms with E-state index in [4.69, 9.17) is 9.47 Å². The molecular weight excluding hydrogens is 370 g/mol. The summed E-state index contributed by atoms with van der Waals surface area (Å²) < 4.78 is 11.2. The molecule has 1 fully saturated rings. The number of phenols is 1. The first-order chi connectivity index (χ1) is 14.1. The zero-order chi connectivity index (χ0) is 20.2. The monoisotopic (exact) mass is 398 g/mol. The molecule has 0 spiro atoms. The van der Waals surface area contributed by atoms with E-state index in [1.54, 1.807) is 12.1 Å². The lowest BCUT2D eigenvalue weighted by molar-refractivity contribution is -0.892. The number of nitrogens with one attached hydrogen (secondary N) is 2. The van der Waals surface area contributed by atoms with Gasteiger partial charge in [-0.3, -0.25) is 4.79 Å². The van der Waals surface area contributed by atoms with Crippen molar-refractivity contribution >= 4 is 11.6 Å². The van der Waals surface area contributed by atoms with E-state index < -0.39 is 0 Å². The van der Waals surface area contributed by atoms with Gasteiger partial charge in [-0.05, 0) is 48.9 Å². The minimum atomic E-state index is -0.0870. The summed E-state index contributed by atoms with van der Waals surface area (Å²) in [5.74, 6) is 1.84. The summed E-state index contributed by atoms with van der Waals surface area (Å²) >= 11 is 0. The van der Waals surface area contributed by atoms with Crippen molar-refractivity contribution in [2.24, 2.45) is 0 Å². The van der Waals surface area contributed by atoms with Gasteiger partial charge in [0.15, 0.2) is 18.0 Å². The molecule has 0 aliphatic carbocycles.